The second kappa shape index (κ2) is 12.2. The fourth-order valence-corrected chi connectivity index (χ4v) is 2.23. The third-order valence-corrected chi connectivity index (χ3v) is 3.47. The van der Waals surface area contributed by atoms with Crippen LogP contribution in [0.25, 0.3) is 0 Å². The Bertz CT molecular complexity index is 580. The highest BCUT2D eigenvalue weighted by Gasteiger charge is 2.13. The van der Waals surface area contributed by atoms with Crippen molar-refractivity contribution in [3.63, 3.8) is 0 Å². The Morgan fingerprint density at radius 2 is 1.85 bits per heavy atom. The van der Waals surface area contributed by atoms with Crippen molar-refractivity contribution in [1.82, 2.24) is 16.0 Å². The highest BCUT2D eigenvalue weighted by Crippen LogP contribution is 2.11. The summed E-state index contributed by atoms with van der Waals surface area (Å²) in [7, 11) is 1.64. The maximum atomic E-state index is 12.0. The first kappa shape index (κ1) is 22.8. The number of hydrogen-bond acceptors (Lipinski definition) is 4. The van der Waals surface area contributed by atoms with Crippen molar-refractivity contribution in [2.24, 2.45) is 4.99 Å². The molecule has 1 rings (SSSR count). The number of carbonyl (C=O) groups excluding carboxylic acids is 1. The zero-order valence-corrected chi connectivity index (χ0v) is 17.2. The summed E-state index contributed by atoms with van der Waals surface area (Å²) in [4.78, 5) is 16.6. The Kier molecular flexibility index (Phi) is 10.3. The molecular weight excluding hydrogens is 344 g/mol. The van der Waals surface area contributed by atoms with Gasteiger partial charge in [0.05, 0.1) is 20.2 Å². The molecule has 1 aromatic rings. The molecule has 0 aliphatic rings. The van der Waals surface area contributed by atoms with Crippen LogP contribution in [-0.4, -0.2) is 50.8 Å². The lowest BCUT2D eigenvalue weighted by Gasteiger charge is -2.21. The molecule has 7 nitrogen and oxygen atoms in total. The average Bonchev–Trinajstić information content (AvgIpc) is 2.62. The molecule has 0 aliphatic carbocycles. The number of benzene rings is 1. The summed E-state index contributed by atoms with van der Waals surface area (Å²) in [6.45, 7) is 10.6. The van der Waals surface area contributed by atoms with Crippen molar-refractivity contribution in [1.29, 1.82) is 0 Å². The summed E-state index contributed by atoms with van der Waals surface area (Å²) < 4.78 is 10.5. The van der Waals surface area contributed by atoms with Gasteiger partial charge < -0.3 is 25.4 Å². The van der Waals surface area contributed by atoms with E-state index in [9.17, 15) is 4.79 Å². The van der Waals surface area contributed by atoms with Crippen LogP contribution in [0.3, 0.4) is 0 Å². The van der Waals surface area contributed by atoms with Crippen molar-refractivity contribution in [2.75, 3.05) is 33.4 Å². The van der Waals surface area contributed by atoms with Gasteiger partial charge >= 0.3 is 0 Å². The van der Waals surface area contributed by atoms with Crippen LogP contribution in [-0.2, 0) is 16.1 Å². The molecule has 0 saturated carbocycles. The number of methoxy groups -OCH3 is 1. The molecule has 152 valence electrons. The SMILES string of the molecule is CCOCCCNC(=NCc1ccc(OC)cc1)NCC(=O)NC(C)(C)C. The van der Waals surface area contributed by atoms with Crippen LogP contribution in [0.2, 0.25) is 0 Å². The fourth-order valence-electron chi connectivity index (χ4n) is 2.23. The van der Waals surface area contributed by atoms with Crippen LogP contribution in [0.15, 0.2) is 29.3 Å². The smallest absolute Gasteiger partial charge is 0.239 e. The van der Waals surface area contributed by atoms with Gasteiger partial charge in [-0.1, -0.05) is 12.1 Å². The van der Waals surface area contributed by atoms with E-state index in [4.69, 9.17) is 9.47 Å². The first-order valence-electron chi connectivity index (χ1n) is 9.38. The second-order valence-corrected chi connectivity index (χ2v) is 7.14. The number of ether oxygens (including phenoxy) is 2. The number of nitrogens with one attached hydrogen (secondary N) is 3. The third-order valence-electron chi connectivity index (χ3n) is 3.47. The molecule has 0 bridgehead atoms. The van der Waals surface area contributed by atoms with Gasteiger partial charge in [0.1, 0.15) is 5.75 Å². The fraction of sp³-hybridized carbons (Fsp3) is 0.600. The van der Waals surface area contributed by atoms with Crippen LogP contribution in [0.5, 0.6) is 5.75 Å². The molecule has 0 aromatic heterocycles. The molecule has 0 radical (unpaired) electrons. The van der Waals surface area contributed by atoms with Gasteiger partial charge in [-0.05, 0) is 51.8 Å². The number of hydrogen-bond donors (Lipinski definition) is 3. The van der Waals surface area contributed by atoms with E-state index in [2.05, 4.69) is 20.9 Å². The van der Waals surface area contributed by atoms with Crippen molar-refractivity contribution < 1.29 is 14.3 Å². The molecule has 0 atom stereocenters. The molecule has 1 aromatic carbocycles. The molecule has 7 heteroatoms. The molecule has 1 amide bonds. The molecule has 0 heterocycles. The van der Waals surface area contributed by atoms with Gasteiger partial charge in [-0.3, -0.25) is 4.79 Å². The summed E-state index contributed by atoms with van der Waals surface area (Å²) in [6, 6.07) is 7.76. The third kappa shape index (κ3) is 11.1. The van der Waals surface area contributed by atoms with Crippen molar-refractivity contribution in [3.05, 3.63) is 29.8 Å². The summed E-state index contributed by atoms with van der Waals surface area (Å²) in [5, 5.41) is 9.26. The average molecular weight is 379 g/mol. The maximum Gasteiger partial charge on any atom is 0.239 e. The lowest BCUT2D eigenvalue weighted by molar-refractivity contribution is -0.121. The van der Waals surface area contributed by atoms with E-state index in [1.54, 1.807) is 7.11 Å². The number of carbonyl (C=O) groups is 1. The monoisotopic (exact) mass is 378 g/mol. The largest absolute Gasteiger partial charge is 0.497 e. The summed E-state index contributed by atoms with van der Waals surface area (Å²) in [6.07, 6.45) is 0.866. The topological polar surface area (TPSA) is 84.0 Å². The summed E-state index contributed by atoms with van der Waals surface area (Å²) in [5.41, 5.74) is 0.801. The van der Waals surface area contributed by atoms with Gasteiger partial charge in [-0.2, -0.15) is 0 Å². The number of amides is 1. The Morgan fingerprint density at radius 3 is 2.44 bits per heavy atom. The lowest BCUT2D eigenvalue weighted by atomic mass is 10.1. The number of guanidine groups is 1. The van der Waals surface area contributed by atoms with Gasteiger partial charge in [0.15, 0.2) is 5.96 Å². The van der Waals surface area contributed by atoms with Gasteiger partial charge in [-0.15, -0.1) is 0 Å². The minimum Gasteiger partial charge on any atom is -0.497 e. The van der Waals surface area contributed by atoms with Gasteiger partial charge in [0, 0.05) is 25.3 Å². The molecule has 0 spiro atoms. The molecule has 27 heavy (non-hydrogen) atoms. The molecule has 0 saturated heterocycles. The van der Waals surface area contributed by atoms with Crippen LogP contribution in [0.1, 0.15) is 39.7 Å². The maximum absolute atomic E-state index is 12.0. The van der Waals surface area contributed by atoms with Crippen LogP contribution >= 0.6 is 0 Å². The van der Waals surface area contributed by atoms with Crippen LogP contribution < -0.4 is 20.7 Å². The Hall–Kier alpha value is -2.28. The Balaban J connectivity index is 2.60. The Labute approximate surface area is 162 Å². The van der Waals surface area contributed by atoms with Crippen LogP contribution in [0, 0.1) is 0 Å². The van der Waals surface area contributed by atoms with Gasteiger partial charge in [0.25, 0.3) is 0 Å². The van der Waals surface area contributed by atoms with E-state index in [0.29, 0.717) is 25.7 Å². The molecule has 0 fully saturated rings. The highest BCUT2D eigenvalue weighted by atomic mass is 16.5. The molecule has 0 aliphatic heterocycles. The number of rotatable bonds is 10. The van der Waals surface area contributed by atoms with E-state index in [1.807, 2.05) is 52.0 Å². The predicted molar refractivity (Wildman–Crippen MR) is 109 cm³/mol. The van der Waals surface area contributed by atoms with Gasteiger partial charge in [0.2, 0.25) is 5.91 Å². The van der Waals surface area contributed by atoms with E-state index < -0.39 is 0 Å². The summed E-state index contributed by atoms with van der Waals surface area (Å²) in [5.74, 6) is 1.34. The quantitative estimate of drug-likeness (QED) is 0.330. The first-order valence-corrected chi connectivity index (χ1v) is 9.38. The number of aliphatic imine (C=N–C) groups is 1. The van der Waals surface area contributed by atoms with Crippen molar-refractivity contribution in [2.45, 2.75) is 46.2 Å². The van der Waals surface area contributed by atoms with E-state index in [1.165, 1.54) is 0 Å². The zero-order chi connectivity index (χ0) is 20.1. The normalized spacial score (nSPS) is 11.8. The van der Waals surface area contributed by atoms with E-state index >= 15 is 0 Å². The minimum absolute atomic E-state index is 0.0734. The number of nitrogens with zero attached hydrogens (tertiary/aromatic N) is 1. The molecule has 3 N–H and O–H groups in total. The van der Waals surface area contributed by atoms with Crippen molar-refractivity contribution in [3.8, 4) is 5.75 Å². The van der Waals surface area contributed by atoms with Crippen molar-refractivity contribution >= 4 is 11.9 Å². The van der Waals surface area contributed by atoms with Gasteiger partial charge in [-0.25, -0.2) is 4.99 Å². The highest BCUT2D eigenvalue weighted by molar-refractivity contribution is 5.86. The minimum atomic E-state index is -0.260. The Morgan fingerprint density at radius 1 is 1.15 bits per heavy atom. The summed E-state index contributed by atoms with van der Waals surface area (Å²) >= 11 is 0. The zero-order valence-electron chi connectivity index (χ0n) is 17.2. The predicted octanol–water partition coefficient (Wildman–Crippen LogP) is 2.07. The molecule has 0 unspecified atom stereocenters. The molecular formula is C20H34N4O3. The standard InChI is InChI=1S/C20H34N4O3/c1-6-27-13-7-12-21-19(23-15-18(25)24-20(2,3)4)22-14-16-8-10-17(26-5)11-9-16/h8-11H,6-7,12-15H2,1-5H3,(H,24,25)(H2,21,22,23). The first-order chi connectivity index (χ1) is 12.8. The second-order valence-electron chi connectivity index (χ2n) is 7.14. The van der Waals surface area contributed by atoms with Crippen LogP contribution in [0.4, 0.5) is 0 Å². The lowest BCUT2D eigenvalue weighted by Crippen LogP contribution is -2.48. The van der Waals surface area contributed by atoms with E-state index in [-0.39, 0.29) is 18.0 Å². The van der Waals surface area contributed by atoms with E-state index in [0.717, 1.165) is 24.3 Å².